The highest BCUT2D eigenvalue weighted by atomic mass is 32.3. The summed E-state index contributed by atoms with van der Waals surface area (Å²) in [5.74, 6) is 0.0328. The third kappa shape index (κ3) is 8.36. The van der Waals surface area contributed by atoms with Gasteiger partial charge in [0.15, 0.2) is 0 Å². The number of hydrogen-bond acceptors (Lipinski definition) is 7. The van der Waals surface area contributed by atoms with E-state index in [9.17, 15) is 19.0 Å². The maximum absolute atomic E-state index is 13.7. The number of rotatable bonds is 11. The van der Waals surface area contributed by atoms with Crippen LogP contribution in [0.5, 0.6) is 0 Å². The second-order valence-electron chi connectivity index (χ2n) is 12.1. The van der Waals surface area contributed by atoms with Gasteiger partial charge in [-0.15, -0.1) is 10.8 Å². The predicted molar refractivity (Wildman–Crippen MR) is 166 cm³/mol. The fourth-order valence-corrected chi connectivity index (χ4v) is 7.41. The highest BCUT2D eigenvalue weighted by Crippen LogP contribution is 2.50. The molecule has 1 amide bonds. The molecule has 2 aliphatic rings. The van der Waals surface area contributed by atoms with Gasteiger partial charge in [-0.25, -0.2) is 0 Å². The quantitative estimate of drug-likeness (QED) is 0.206. The molecule has 9 heteroatoms. The third-order valence-corrected chi connectivity index (χ3v) is 10.2. The molecule has 0 spiro atoms. The van der Waals surface area contributed by atoms with E-state index in [4.69, 9.17) is 0 Å². The van der Waals surface area contributed by atoms with Crippen molar-refractivity contribution in [1.29, 1.82) is 0 Å². The Kier molecular flexibility index (Phi) is 10.4. The normalized spacial score (nSPS) is 21.3. The molecular weight excluding hydrogens is 524 g/mol. The van der Waals surface area contributed by atoms with Crippen molar-refractivity contribution in [2.24, 2.45) is 5.41 Å². The lowest BCUT2D eigenvalue weighted by molar-refractivity contribution is 0.0813. The lowest BCUT2D eigenvalue weighted by atomic mass is 9.75. The van der Waals surface area contributed by atoms with Crippen LogP contribution in [0.15, 0.2) is 48.5 Å². The van der Waals surface area contributed by atoms with E-state index in [1.165, 1.54) is 0 Å². The number of nitrogens with zero attached hydrogens (tertiary/aromatic N) is 1. The Balaban J connectivity index is 1.51. The molecule has 6 N–H and O–H groups in total. The largest absolute Gasteiger partial charge is 0.390 e. The number of aliphatic hydroxyl groups is 1. The molecule has 1 heterocycles. The topological polar surface area (TPSA) is 117 Å². The first kappa shape index (κ1) is 30.7. The number of aliphatic hydroxyl groups excluding tert-OH is 1. The van der Waals surface area contributed by atoms with E-state index in [0.29, 0.717) is 54.5 Å². The van der Waals surface area contributed by atoms with Crippen LogP contribution in [0.25, 0.3) is 0 Å². The van der Waals surface area contributed by atoms with Crippen molar-refractivity contribution in [1.82, 2.24) is 10.6 Å². The number of hydrogen-bond donors (Lipinski definition) is 6. The summed E-state index contributed by atoms with van der Waals surface area (Å²) in [4.78, 5) is 13.7. The molecule has 4 rings (SSSR count). The van der Waals surface area contributed by atoms with Crippen molar-refractivity contribution in [2.75, 3.05) is 35.0 Å². The molecule has 1 saturated heterocycles. The first-order chi connectivity index (χ1) is 19.1. The van der Waals surface area contributed by atoms with E-state index in [1.54, 1.807) is 16.4 Å². The maximum Gasteiger partial charge on any atom is 0.251 e. The number of amides is 1. The first-order valence-corrected chi connectivity index (χ1v) is 16.4. The SMILES string of the molecule is CCNc1cc(C(=O)N[C@@H](Cc2ccccc2)[C@@H](O)CNC2CCC(C)(C)CC2)cc(N2CCCCS2(O)O)c1. The average Bonchev–Trinajstić information content (AvgIpc) is 2.92. The Hall–Kier alpha value is -2.30. The molecule has 0 radical (unpaired) electrons. The van der Waals surface area contributed by atoms with Crippen LogP contribution >= 0.6 is 10.8 Å². The summed E-state index contributed by atoms with van der Waals surface area (Å²) in [7, 11) is -2.93. The van der Waals surface area contributed by atoms with Crippen LogP contribution in [0.1, 0.15) is 75.2 Å². The molecule has 40 heavy (non-hydrogen) atoms. The van der Waals surface area contributed by atoms with Gasteiger partial charge in [0.25, 0.3) is 5.91 Å². The minimum Gasteiger partial charge on any atom is -0.390 e. The summed E-state index contributed by atoms with van der Waals surface area (Å²) >= 11 is 0. The van der Waals surface area contributed by atoms with Gasteiger partial charge in [-0.3, -0.25) is 18.2 Å². The monoisotopic (exact) mass is 572 g/mol. The summed E-state index contributed by atoms with van der Waals surface area (Å²) in [5, 5.41) is 21.2. The minimum absolute atomic E-state index is 0.297. The second-order valence-corrected chi connectivity index (χ2v) is 14.2. The Bertz CT molecular complexity index is 1100. The van der Waals surface area contributed by atoms with Gasteiger partial charge in [-0.2, -0.15) is 0 Å². The predicted octanol–water partition coefficient (Wildman–Crippen LogP) is 5.64. The molecule has 2 aromatic rings. The number of carbonyl (C=O) groups excluding carboxylic acids is 1. The van der Waals surface area contributed by atoms with Gasteiger partial charge in [-0.1, -0.05) is 44.2 Å². The van der Waals surface area contributed by atoms with Crippen molar-refractivity contribution >= 4 is 28.1 Å². The smallest absolute Gasteiger partial charge is 0.251 e. The lowest BCUT2D eigenvalue weighted by Crippen LogP contribution is -2.50. The van der Waals surface area contributed by atoms with Crippen molar-refractivity contribution in [2.45, 2.75) is 83.9 Å². The van der Waals surface area contributed by atoms with Gasteiger partial charge in [0.1, 0.15) is 0 Å². The van der Waals surface area contributed by atoms with Gasteiger partial charge in [0.2, 0.25) is 0 Å². The summed E-state index contributed by atoms with van der Waals surface area (Å²) in [6.45, 7) is 8.20. The maximum atomic E-state index is 13.7. The summed E-state index contributed by atoms with van der Waals surface area (Å²) in [6.07, 6.45) is 5.86. The molecule has 1 aliphatic carbocycles. The molecule has 2 atom stereocenters. The zero-order chi connectivity index (χ0) is 28.8. The lowest BCUT2D eigenvalue weighted by Gasteiger charge is -2.47. The summed E-state index contributed by atoms with van der Waals surface area (Å²) in [5.41, 5.74) is 3.19. The molecular formula is C31H48N4O4S. The number of nitrogens with one attached hydrogen (secondary N) is 3. The minimum atomic E-state index is -2.93. The van der Waals surface area contributed by atoms with E-state index in [-0.39, 0.29) is 5.91 Å². The van der Waals surface area contributed by atoms with Gasteiger partial charge < -0.3 is 21.1 Å². The molecule has 2 aromatic carbocycles. The van der Waals surface area contributed by atoms with Crippen molar-refractivity contribution in [3.63, 3.8) is 0 Å². The van der Waals surface area contributed by atoms with Crippen LogP contribution < -0.4 is 20.3 Å². The molecule has 0 bridgehead atoms. The van der Waals surface area contributed by atoms with E-state index in [0.717, 1.165) is 49.8 Å². The number of benzene rings is 2. The van der Waals surface area contributed by atoms with Crippen LogP contribution in [-0.2, 0) is 6.42 Å². The fourth-order valence-electron chi connectivity index (χ4n) is 5.73. The molecule has 2 fully saturated rings. The standard InChI is InChI=1S/C31H48N4O4S/c1-4-32-26-19-24(20-27(21-26)35-16-8-9-17-40(35,38)39)30(37)34-28(18-23-10-6-5-7-11-23)29(36)22-33-25-12-14-31(2,3)15-13-25/h5-7,10-11,19-21,25,28-29,32-33,36,38-39H,4,8-9,12-18,22H2,1-3H3,(H,34,37)/t28-,29-/m0/s1. The van der Waals surface area contributed by atoms with Crippen molar-refractivity contribution in [3.8, 4) is 0 Å². The van der Waals surface area contributed by atoms with Gasteiger partial charge >= 0.3 is 0 Å². The van der Waals surface area contributed by atoms with Crippen LogP contribution in [0.2, 0.25) is 0 Å². The molecule has 1 aliphatic heterocycles. The highest BCUT2D eigenvalue weighted by molar-refractivity contribution is 8.25. The Morgan fingerprint density at radius 1 is 1.10 bits per heavy atom. The van der Waals surface area contributed by atoms with Crippen LogP contribution in [-0.4, -0.2) is 63.7 Å². The molecule has 0 unspecified atom stereocenters. The Labute approximate surface area is 241 Å². The zero-order valence-electron chi connectivity index (χ0n) is 24.2. The molecule has 8 nitrogen and oxygen atoms in total. The van der Waals surface area contributed by atoms with Gasteiger partial charge in [0, 0.05) is 36.9 Å². The molecule has 1 saturated carbocycles. The van der Waals surface area contributed by atoms with Crippen LogP contribution in [0.4, 0.5) is 11.4 Å². The van der Waals surface area contributed by atoms with Gasteiger partial charge in [0.05, 0.1) is 23.6 Å². The van der Waals surface area contributed by atoms with E-state index in [2.05, 4.69) is 29.8 Å². The fraction of sp³-hybridized carbons (Fsp3) is 0.581. The van der Waals surface area contributed by atoms with Crippen molar-refractivity contribution in [3.05, 3.63) is 59.7 Å². The number of anilines is 2. The van der Waals surface area contributed by atoms with E-state index in [1.807, 2.05) is 43.3 Å². The van der Waals surface area contributed by atoms with E-state index >= 15 is 0 Å². The molecule has 222 valence electrons. The molecule has 0 aromatic heterocycles. The Morgan fingerprint density at radius 3 is 2.50 bits per heavy atom. The average molecular weight is 573 g/mol. The van der Waals surface area contributed by atoms with Gasteiger partial charge in [-0.05, 0) is 81.0 Å². The van der Waals surface area contributed by atoms with Crippen molar-refractivity contribution < 1.29 is 19.0 Å². The summed E-state index contributed by atoms with van der Waals surface area (Å²) in [6, 6.07) is 15.2. The summed E-state index contributed by atoms with van der Waals surface area (Å²) < 4.78 is 23.1. The number of carbonyl (C=O) groups is 1. The zero-order valence-corrected chi connectivity index (χ0v) is 25.1. The van der Waals surface area contributed by atoms with Crippen LogP contribution in [0.3, 0.4) is 0 Å². The van der Waals surface area contributed by atoms with Crippen LogP contribution in [0, 0.1) is 5.41 Å². The first-order valence-electron chi connectivity index (χ1n) is 14.7. The Morgan fingerprint density at radius 2 is 1.82 bits per heavy atom. The second kappa shape index (κ2) is 13.6. The highest BCUT2D eigenvalue weighted by Gasteiger charge is 2.30. The van der Waals surface area contributed by atoms with E-state index < -0.39 is 22.9 Å². The third-order valence-electron chi connectivity index (χ3n) is 8.27.